The molecular formula is C38H22OS. The molecule has 0 saturated carbocycles. The molecule has 0 radical (unpaired) electrons. The van der Waals surface area contributed by atoms with Gasteiger partial charge in [0.15, 0.2) is 0 Å². The second kappa shape index (κ2) is 8.29. The van der Waals surface area contributed by atoms with Gasteiger partial charge in [0.25, 0.3) is 0 Å². The summed E-state index contributed by atoms with van der Waals surface area (Å²) >= 11 is 1.84. The Bertz CT molecular complexity index is 2380. The van der Waals surface area contributed by atoms with Crippen molar-refractivity contribution in [2.45, 2.75) is 0 Å². The van der Waals surface area contributed by atoms with Gasteiger partial charge in [-0.1, -0.05) is 103 Å². The number of fused-ring (bicyclic) bond motifs is 7. The van der Waals surface area contributed by atoms with E-state index in [1.807, 2.05) is 17.6 Å². The Morgan fingerprint density at radius 2 is 1.05 bits per heavy atom. The molecule has 40 heavy (non-hydrogen) atoms. The lowest BCUT2D eigenvalue weighted by Gasteiger charge is -2.19. The first-order valence-electron chi connectivity index (χ1n) is 13.6. The molecule has 9 aromatic rings. The molecule has 0 bridgehead atoms. The molecule has 0 unspecified atom stereocenters. The predicted molar refractivity (Wildman–Crippen MR) is 172 cm³/mol. The monoisotopic (exact) mass is 526 g/mol. The number of hydrogen-bond donors (Lipinski definition) is 0. The van der Waals surface area contributed by atoms with E-state index in [2.05, 4.69) is 127 Å². The van der Waals surface area contributed by atoms with E-state index in [0.29, 0.717) is 0 Å². The summed E-state index contributed by atoms with van der Waals surface area (Å²) in [5, 5.41) is 11.3. The third-order valence-corrected chi connectivity index (χ3v) is 9.44. The van der Waals surface area contributed by atoms with Crippen LogP contribution < -0.4 is 0 Å². The lowest BCUT2D eigenvalue weighted by Crippen LogP contribution is -1.92. The fourth-order valence-electron chi connectivity index (χ4n) is 6.63. The van der Waals surface area contributed by atoms with Gasteiger partial charge in [0.05, 0.1) is 6.26 Å². The standard InChI is InChI=1S/C38H22OS/c1-2-10-24-21-25(18-17-23(24)9-1)35-26-11-3-5-13-28(26)36(29-14-6-4-12-27(29)35)38-30-19-20-39-32(30)22-34-37(38)31-15-7-8-16-33(31)40-34/h1-22H. The second-order valence-electron chi connectivity index (χ2n) is 10.5. The number of thiophene rings is 1. The smallest absolute Gasteiger partial charge is 0.135 e. The van der Waals surface area contributed by atoms with Gasteiger partial charge in [0.2, 0.25) is 0 Å². The largest absolute Gasteiger partial charge is 0.464 e. The quantitative estimate of drug-likeness (QED) is 0.204. The van der Waals surface area contributed by atoms with Crippen LogP contribution in [0, 0.1) is 0 Å². The van der Waals surface area contributed by atoms with Crippen molar-refractivity contribution >= 4 is 74.8 Å². The van der Waals surface area contributed by atoms with Crippen LogP contribution in [0.2, 0.25) is 0 Å². The lowest BCUT2D eigenvalue weighted by atomic mass is 9.83. The van der Waals surface area contributed by atoms with Crippen LogP contribution in [0.5, 0.6) is 0 Å². The molecule has 186 valence electrons. The van der Waals surface area contributed by atoms with Gasteiger partial charge in [-0.15, -0.1) is 11.3 Å². The van der Waals surface area contributed by atoms with E-state index in [1.54, 1.807) is 0 Å². The Morgan fingerprint density at radius 1 is 0.425 bits per heavy atom. The molecule has 0 aliphatic rings. The van der Waals surface area contributed by atoms with Crippen molar-refractivity contribution in [1.29, 1.82) is 0 Å². The molecule has 0 saturated heterocycles. The van der Waals surface area contributed by atoms with Crippen LogP contribution in [-0.2, 0) is 0 Å². The molecule has 0 atom stereocenters. The molecule has 0 N–H and O–H groups in total. The average Bonchev–Trinajstić information content (AvgIpc) is 3.63. The van der Waals surface area contributed by atoms with E-state index in [1.165, 1.54) is 74.7 Å². The van der Waals surface area contributed by atoms with Crippen molar-refractivity contribution in [2.75, 3.05) is 0 Å². The van der Waals surface area contributed by atoms with Gasteiger partial charge in [-0.2, -0.15) is 0 Å². The first kappa shape index (κ1) is 22.0. The fraction of sp³-hybridized carbons (Fsp3) is 0. The van der Waals surface area contributed by atoms with Gasteiger partial charge in [-0.3, -0.25) is 0 Å². The Kier molecular flexibility index (Phi) is 4.55. The molecule has 9 rings (SSSR count). The molecule has 0 amide bonds. The summed E-state index contributed by atoms with van der Waals surface area (Å²) in [5.74, 6) is 0. The third-order valence-electron chi connectivity index (χ3n) is 8.32. The van der Waals surface area contributed by atoms with Gasteiger partial charge in [-0.25, -0.2) is 0 Å². The van der Waals surface area contributed by atoms with Crippen molar-refractivity contribution in [3.63, 3.8) is 0 Å². The van der Waals surface area contributed by atoms with E-state index in [4.69, 9.17) is 4.42 Å². The van der Waals surface area contributed by atoms with Crippen LogP contribution >= 0.6 is 11.3 Å². The summed E-state index contributed by atoms with van der Waals surface area (Å²) in [7, 11) is 0. The van der Waals surface area contributed by atoms with E-state index in [0.717, 1.165) is 11.0 Å². The molecule has 0 aliphatic heterocycles. The van der Waals surface area contributed by atoms with Crippen LogP contribution in [-0.4, -0.2) is 0 Å². The topological polar surface area (TPSA) is 13.1 Å². The summed E-state index contributed by atoms with van der Waals surface area (Å²) in [6.07, 6.45) is 1.83. The highest BCUT2D eigenvalue weighted by atomic mass is 32.1. The van der Waals surface area contributed by atoms with Crippen molar-refractivity contribution in [3.05, 3.63) is 134 Å². The molecular weight excluding hydrogens is 504 g/mol. The van der Waals surface area contributed by atoms with Crippen molar-refractivity contribution in [3.8, 4) is 22.3 Å². The Morgan fingerprint density at radius 3 is 1.80 bits per heavy atom. The lowest BCUT2D eigenvalue weighted by molar-refractivity contribution is 0.616. The summed E-state index contributed by atoms with van der Waals surface area (Å²) in [6.45, 7) is 0. The third kappa shape index (κ3) is 3.03. The van der Waals surface area contributed by atoms with Gasteiger partial charge in [0, 0.05) is 31.1 Å². The zero-order valence-corrected chi connectivity index (χ0v) is 22.3. The highest BCUT2D eigenvalue weighted by Crippen LogP contribution is 2.50. The van der Waals surface area contributed by atoms with Crippen molar-refractivity contribution in [2.24, 2.45) is 0 Å². The Balaban J connectivity index is 1.50. The normalized spacial score (nSPS) is 12.0. The fourth-order valence-corrected chi connectivity index (χ4v) is 7.77. The predicted octanol–water partition coefficient (Wildman–Crippen LogP) is 11.6. The SMILES string of the molecule is c1ccc2cc(-c3c4ccccc4c(-c4c5ccoc5cc5sc6ccccc6c45)c4ccccc34)ccc2c1. The Labute approximate surface area is 234 Å². The number of furan rings is 1. The average molecular weight is 527 g/mol. The van der Waals surface area contributed by atoms with Gasteiger partial charge >= 0.3 is 0 Å². The van der Waals surface area contributed by atoms with E-state index in [9.17, 15) is 0 Å². The number of rotatable bonds is 2. The zero-order valence-electron chi connectivity index (χ0n) is 21.5. The van der Waals surface area contributed by atoms with Crippen LogP contribution in [0.15, 0.2) is 138 Å². The summed E-state index contributed by atoms with van der Waals surface area (Å²) < 4.78 is 8.60. The van der Waals surface area contributed by atoms with Crippen molar-refractivity contribution in [1.82, 2.24) is 0 Å². The molecule has 0 spiro atoms. The van der Waals surface area contributed by atoms with Crippen LogP contribution in [0.4, 0.5) is 0 Å². The number of benzene rings is 7. The summed E-state index contributed by atoms with van der Waals surface area (Å²) in [5.41, 5.74) is 5.99. The highest BCUT2D eigenvalue weighted by molar-refractivity contribution is 7.26. The molecule has 1 nitrogen and oxygen atoms in total. The van der Waals surface area contributed by atoms with Gasteiger partial charge in [0.1, 0.15) is 5.58 Å². The summed E-state index contributed by atoms with van der Waals surface area (Å²) in [6, 6.07) is 46.4. The highest BCUT2D eigenvalue weighted by Gasteiger charge is 2.22. The minimum absolute atomic E-state index is 0.931. The van der Waals surface area contributed by atoms with Gasteiger partial charge < -0.3 is 4.42 Å². The second-order valence-corrected chi connectivity index (χ2v) is 11.5. The van der Waals surface area contributed by atoms with E-state index >= 15 is 0 Å². The summed E-state index contributed by atoms with van der Waals surface area (Å²) in [4.78, 5) is 0. The van der Waals surface area contributed by atoms with Crippen LogP contribution in [0.3, 0.4) is 0 Å². The maximum Gasteiger partial charge on any atom is 0.135 e. The first-order chi connectivity index (χ1) is 19.8. The van der Waals surface area contributed by atoms with Crippen molar-refractivity contribution < 1.29 is 4.42 Å². The maximum absolute atomic E-state index is 6.05. The molecule has 2 aromatic heterocycles. The minimum atomic E-state index is 0.931. The van der Waals surface area contributed by atoms with E-state index < -0.39 is 0 Å². The molecule has 0 aliphatic carbocycles. The van der Waals surface area contributed by atoms with E-state index in [-0.39, 0.29) is 0 Å². The Hall–Kier alpha value is -4.92. The molecule has 7 aromatic carbocycles. The van der Waals surface area contributed by atoms with Gasteiger partial charge in [-0.05, 0) is 73.3 Å². The van der Waals surface area contributed by atoms with Crippen LogP contribution in [0.25, 0.3) is 85.7 Å². The maximum atomic E-state index is 6.05. The minimum Gasteiger partial charge on any atom is -0.464 e. The molecule has 2 heteroatoms. The molecule has 0 fully saturated rings. The first-order valence-corrected chi connectivity index (χ1v) is 14.4. The number of hydrogen-bond acceptors (Lipinski definition) is 2. The van der Waals surface area contributed by atoms with Crippen LogP contribution in [0.1, 0.15) is 0 Å². The molecule has 2 heterocycles. The zero-order chi connectivity index (χ0) is 26.2.